The summed E-state index contributed by atoms with van der Waals surface area (Å²) < 4.78 is 2.43. The van der Waals surface area contributed by atoms with Crippen molar-refractivity contribution in [2.45, 2.75) is 37.5 Å². The SMILES string of the molecule is N#Cc1ccc2cc(C3(c4ccc5c(c4)c4ccccc4n5-c4ccccc4)C4CC5CC(C4)CC3C5)ccc2c1. The van der Waals surface area contributed by atoms with E-state index in [4.69, 9.17) is 0 Å². The number of hydrogen-bond acceptors (Lipinski definition) is 1. The van der Waals surface area contributed by atoms with Crippen LogP contribution in [0.4, 0.5) is 0 Å². The van der Waals surface area contributed by atoms with E-state index in [9.17, 15) is 5.26 Å². The smallest absolute Gasteiger partial charge is 0.0991 e. The highest BCUT2D eigenvalue weighted by atomic mass is 15.0. The first-order valence-corrected chi connectivity index (χ1v) is 15.3. The van der Waals surface area contributed by atoms with Crippen molar-refractivity contribution >= 4 is 32.6 Å². The summed E-state index contributed by atoms with van der Waals surface area (Å²) in [6, 6.07) is 42.8. The van der Waals surface area contributed by atoms with Gasteiger partial charge in [-0.05, 0) is 120 Å². The van der Waals surface area contributed by atoms with E-state index in [1.807, 2.05) is 12.1 Å². The van der Waals surface area contributed by atoms with Crippen LogP contribution in [0.25, 0.3) is 38.3 Å². The Balaban J connectivity index is 1.31. The maximum atomic E-state index is 9.47. The summed E-state index contributed by atoms with van der Waals surface area (Å²) in [7, 11) is 0. The molecular formula is C39H32N2. The van der Waals surface area contributed by atoms with Crippen molar-refractivity contribution in [1.82, 2.24) is 4.57 Å². The van der Waals surface area contributed by atoms with Crippen LogP contribution in [0.3, 0.4) is 0 Å². The minimum Gasteiger partial charge on any atom is -0.309 e. The van der Waals surface area contributed by atoms with Gasteiger partial charge in [0, 0.05) is 21.9 Å². The molecule has 41 heavy (non-hydrogen) atoms. The molecule has 198 valence electrons. The van der Waals surface area contributed by atoms with E-state index in [1.54, 1.807) is 0 Å². The van der Waals surface area contributed by atoms with Crippen molar-refractivity contribution < 1.29 is 0 Å². The fourth-order valence-corrected chi connectivity index (χ4v) is 9.70. The topological polar surface area (TPSA) is 28.7 Å². The van der Waals surface area contributed by atoms with E-state index in [1.165, 1.54) is 76.1 Å². The lowest BCUT2D eigenvalue weighted by Gasteiger charge is -2.62. The summed E-state index contributed by atoms with van der Waals surface area (Å²) in [6.45, 7) is 0. The van der Waals surface area contributed by atoms with Gasteiger partial charge in [-0.25, -0.2) is 0 Å². The lowest BCUT2D eigenvalue weighted by Crippen LogP contribution is -2.56. The van der Waals surface area contributed by atoms with Crippen LogP contribution < -0.4 is 0 Å². The lowest BCUT2D eigenvalue weighted by atomic mass is 9.42. The molecule has 0 unspecified atom stereocenters. The van der Waals surface area contributed by atoms with Crippen molar-refractivity contribution in [1.29, 1.82) is 5.26 Å². The van der Waals surface area contributed by atoms with E-state index in [2.05, 4.69) is 108 Å². The molecule has 1 heterocycles. The molecule has 1 aromatic heterocycles. The molecule has 0 N–H and O–H groups in total. The molecule has 0 atom stereocenters. The van der Waals surface area contributed by atoms with E-state index in [0.717, 1.165) is 22.8 Å². The Kier molecular flexibility index (Phi) is 4.89. The Morgan fingerprint density at radius 3 is 2.00 bits per heavy atom. The number of fused-ring (bicyclic) bond motifs is 4. The maximum Gasteiger partial charge on any atom is 0.0991 e. The zero-order valence-electron chi connectivity index (χ0n) is 23.1. The third-order valence-electron chi connectivity index (χ3n) is 11.0. The van der Waals surface area contributed by atoms with E-state index in [0.29, 0.717) is 11.8 Å². The summed E-state index contributed by atoms with van der Waals surface area (Å²) in [5.41, 5.74) is 7.50. The van der Waals surface area contributed by atoms with Crippen LogP contribution in [-0.2, 0) is 5.41 Å². The van der Waals surface area contributed by atoms with Gasteiger partial charge >= 0.3 is 0 Å². The molecule has 4 fully saturated rings. The second-order valence-corrected chi connectivity index (χ2v) is 13.0. The zero-order valence-corrected chi connectivity index (χ0v) is 23.1. The Bertz CT molecular complexity index is 1990. The van der Waals surface area contributed by atoms with Gasteiger partial charge in [-0.2, -0.15) is 5.26 Å². The van der Waals surface area contributed by atoms with Gasteiger partial charge in [-0.1, -0.05) is 66.7 Å². The summed E-state index contributed by atoms with van der Waals surface area (Å²) in [5, 5.41) is 14.6. The molecule has 0 amide bonds. The number of benzene rings is 5. The van der Waals surface area contributed by atoms with Crippen molar-refractivity contribution in [2.75, 3.05) is 0 Å². The minimum absolute atomic E-state index is 0.0274. The predicted octanol–water partition coefficient (Wildman–Crippen LogP) is 9.55. The molecule has 0 spiro atoms. The number of rotatable bonds is 3. The van der Waals surface area contributed by atoms with Crippen LogP contribution in [0.15, 0.2) is 109 Å². The standard InChI is InChI=1S/C39H32N2/c40-24-25-10-11-29-22-30(13-12-28(29)17-25)39(32-18-26-16-27(20-32)21-33(39)19-26)31-14-15-38-36(23-31)35-8-4-5-9-37(35)41(38)34-6-2-1-3-7-34/h1-15,17,22-23,26-27,32-33H,16,18-21H2. The first-order valence-electron chi connectivity index (χ1n) is 15.3. The summed E-state index contributed by atoms with van der Waals surface area (Å²) in [6.07, 6.45) is 6.84. The second kappa shape index (κ2) is 8.58. The molecule has 2 nitrogen and oxygen atoms in total. The highest BCUT2D eigenvalue weighted by Gasteiger charge is 2.58. The summed E-state index contributed by atoms with van der Waals surface area (Å²) in [5.74, 6) is 3.14. The van der Waals surface area contributed by atoms with Gasteiger partial charge in [-0.15, -0.1) is 0 Å². The van der Waals surface area contributed by atoms with Crippen LogP contribution in [0.2, 0.25) is 0 Å². The van der Waals surface area contributed by atoms with Gasteiger partial charge in [0.1, 0.15) is 0 Å². The Labute approximate surface area is 240 Å². The van der Waals surface area contributed by atoms with Crippen LogP contribution in [0.1, 0.15) is 48.8 Å². The van der Waals surface area contributed by atoms with E-state index in [-0.39, 0.29) is 5.41 Å². The highest BCUT2D eigenvalue weighted by molar-refractivity contribution is 6.09. The van der Waals surface area contributed by atoms with Gasteiger partial charge in [0.25, 0.3) is 0 Å². The van der Waals surface area contributed by atoms with Crippen molar-refractivity contribution in [3.8, 4) is 11.8 Å². The molecule has 0 aliphatic heterocycles. The van der Waals surface area contributed by atoms with Gasteiger partial charge < -0.3 is 4.57 Å². The average Bonchev–Trinajstić information content (AvgIpc) is 3.35. The van der Waals surface area contributed by atoms with Gasteiger partial charge in [-0.3, -0.25) is 0 Å². The Morgan fingerprint density at radius 1 is 0.585 bits per heavy atom. The molecule has 5 aromatic carbocycles. The Hall–Kier alpha value is -4.35. The average molecular weight is 529 g/mol. The van der Waals surface area contributed by atoms with Crippen molar-refractivity contribution in [3.63, 3.8) is 0 Å². The van der Waals surface area contributed by atoms with Crippen LogP contribution in [-0.4, -0.2) is 4.57 Å². The summed E-state index contributed by atoms with van der Waals surface area (Å²) in [4.78, 5) is 0. The van der Waals surface area contributed by atoms with E-state index < -0.39 is 0 Å². The van der Waals surface area contributed by atoms with Crippen LogP contribution >= 0.6 is 0 Å². The largest absolute Gasteiger partial charge is 0.309 e. The molecule has 4 saturated carbocycles. The molecule has 4 aliphatic carbocycles. The van der Waals surface area contributed by atoms with Gasteiger partial charge in [0.2, 0.25) is 0 Å². The quantitative estimate of drug-likeness (QED) is 0.225. The van der Waals surface area contributed by atoms with Gasteiger partial charge in [0.15, 0.2) is 0 Å². The number of para-hydroxylation sites is 2. The lowest BCUT2D eigenvalue weighted by molar-refractivity contribution is -0.0417. The highest BCUT2D eigenvalue weighted by Crippen LogP contribution is 2.65. The van der Waals surface area contributed by atoms with Crippen molar-refractivity contribution in [2.24, 2.45) is 23.7 Å². The first kappa shape index (κ1) is 23.4. The Morgan fingerprint density at radius 2 is 1.22 bits per heavy atom. The molecule has 0 radical (unpaired) electrons. The number of nitrogens with zero attached hydrogens (tertiary/aromatic N) is 2. The number of nitriles is 1. The molecule has 6 aromatic rings. The molecule has 10 rings (SSSR count). The fourth-order valence-electron chi connectivity index (χ4n) is 9.70. The third-order valence-corrected chi connectivity index (χ3v) is 11.0. The van der Waals surface area contributed by atoms with Gasteiger partial charge in [0.05, 0.1) is 22.7 Å². The number of aromatic nitrogens is 1. The van der Waals surface area contributed by atoms with E-state index >= 15 is 0 Å². The zero-order chi connectivity index (χ0) is 27.1. The predicted molar refractivity (Wildman–Crippen MR) is 167 cm³/mol. The minimum atomic E-state index is 0.0274. The fraction of sp³-hybridized carbons (Fsp3) is 0.256. The second-order valence-electron chi connectivity index (χ2n) is 13.0. The third kappa shape index (κ3) is 3.24. The summed E-state index contributed by atoms with van der Waals surface area (Å²) >= 11 is 0. The van der Waals surface area contributed by atoms with Crippen molar-refractivity contribution in [3.05, 3.63) is 126 Å². The molecular weight excluding hydrogens is 496 g/mol. The molecule has 0 saturated heterocycles. The monoisotopic (exact) mass is 528 g/mol. The molecule has 4 aliphatic rings. The van der Waals surface area contributed by atoms with Crippen LogP contribution in [0, 0.1) is 35.0 Å². The number of hydrogen-bond donors (Lipinski definition) is 0. The molecule has 2 heteroatoms. The maximum absolute atomic E-state index is 9.47. The van der Waals surface area contributed by atoms with Crippen LogP contribution in [0.5, 0.6) is 0 Å². The first-order chi connectivity index (χ1) is 20.2. The molecule has 4 bridgehead atoms. The normalized spacial score (nSPS) is 26.6.